The van der Waals surface area contributed by atoms with Crippen molar-refractivity contribution in [2.45, 2.75) is 129 Å². The van der Waals surface area contributed by atoms with Crippen molar-refractivity contribution in [2.24, 2.45) is 5.73 Å². The second-order valence-electron chi connectivity index (χ2n) is 7.99. The molecule has 0 aromatic carbocycles. The molecule has 0 heterocycles. The summed E-state index contributed by atoms with van der Waals surface area (Å²) < 4.78 is 5.08. The molecule has 5 nitrogen and oxygen atoms in total. The van der Waals surface area contributed by atoms with Crippen molar-refractivity contribution in [3.63, 3.8) is 0 Å². The number of hydrogen-bond donors (Lipinski definition) is 1. The molecule has 0 aliphatic heterocycles. The average molecular weight is 438 g/mol. The van der Waals surface area contributed by atoms with Crippen LogP contribution < -0.4 is 62.2 Å². The summed E-state index contributed by atoms with van der Waals surface area (Å²) in [6.45, 7) is 2.68. The molecule has 0 bridgehead atoms. The van der Waals surface area contributed by atoms with E-state index in [-0.39, 0.29) is 70.2 Å². The Hall–Kier alpha value is 0.536. The molecule has 29 heavy (non-hydrogen) atoms. The van der Waals surface area contributed by atoms with Crippen LogP contribution in [0.2, 0.25) is 0 Å². The Kier molecular flexibility index (Phi) is 27.1. The fraction of sp³-hybridized carbons (Fsp3) is 0.913. The van der Waals surface area contributed by atoms with Gasteiger partial charge in [0.2, 0.25) is 0 Å². The summed E-state index contributed by atoms with van der Waals surface area (Å²) in [4.78, 5) is 21.9. The normalized spacial score (nSPS) is 11.7. The Morgan fingerprint density at radius 1 is 0.759 bits per heavy atom. The number of unbranched alkanes of at least 4 members (excludes halogenated alkanes) is 15. The van der Waals surface area contributed by atoms with Crippen LogP contribution in [0.1, 0.15) is 122 Å². The number of carbonyl (C=O) groups excluding carboxylic acids is 2. The van der Waals surface area contributed by atoms with Gasteiger partial charge in [0, 0.05) is 12.5 Å². The van der Waals surface area contributed by atoms with Crippen molar-refractivity contribution in [3.8, 4) is 0 Å². The van der Waals surface area contributed by atoms with E-state index in [2.05, 4.69) is 6.92 Å². The van der Waals surface area contributed by atoms with Gasteiger partial charge in [-0.25, -0.2) is 0 Å². The molecule has 0 saturated heterocycles. The molecular formula is C23H44KNO4. The van der Waals surface area contributed by atoms with Gasteiger partial charge in [0.1, 0.15) is 0 Å². The molecule has 6 heteroatoms. The van der Waals surface area contributed by atoms with Crippen molar-refractivity contribution in [2.75, 3.05) is 6.61 Å². The summed E-state index contributed by atoms with van der Waals surface area (Å²) in [5, 5.41) is 10.4. The number of esters is 1. The minimum atomic E-state index is -1.33. The van der Waals surface area contributed by atoms with Crippen LogP contribution in [0.15, 0.2) is 0 Å². The zero-order chi connectivity index (χ0) is 20.9. The Bertz CT molecular complexity index is 380. The van der Waals surface area contributed by atoms with Crippen molar-refractivity contribution < 1.29 is 70.8 Å². The van der Waals surface area contributed by atoms with Gasteiger partial charge >= 0.3 is 57.4 Å². The van der Waals surface area contributed by atoms with E-state index in [0.29, 0.717) is 6.61 Å². The van der Waals surface area contributed by atoms with Crippen LogP contribution in [-0.2, 0) is 14.3 Å². The number of rotatable bonds is 21. The second kappa shape index (κ2) is 24.8. The van der Waals surface area contributed by atoms with Crippen molar-refractivity contribution >= 4 is 11.9 Å². The monoisotopic (exact) mass is 437 g/mol. The first-order valence-electron chi connectivity index (χ1n) is 11.7. The Labute approximate surface area is 221 Å². The number of hydrogen-bond acceptors (Lipinski definition) is 5. The van der Waals surface area contributed by atoms with Gasteiger partial charge in [-0.3, -0.25) is 4.79 Å². The maximum absolute atomic E-state index is 11.4. The van der Waals surface area contributed by atoms with Crippen molar-refractivity contribution in [3.05, 3.63) is 0 Å². The van der Waals surface area contributed by atoms with E-state index in [0.717, 1.165) is 12.8 Å². The fourth-order valence-electron chi connectivity index (χ4n) is 3.30. The third kappa shape index (κ3) is 24.7. The molecule has 0 amide bonds. The van der Waals surface area contributed by atoms with E-state index in [4.69, 9.17) is 10.5 Å². The zero-order valence-electron chi connectivity index (χ0n) is 19.2. The van der Waals surface area contributed by atoms with E-state index in [1.165, 1.54) is 89.9 Å². The third-order valence-corrected chi connectivity index (χ3v) is 5.22. The average Bonchev–Trinajstić information content (AvgIpc) is 2.68. The van der Waals surface area contributed by atoms with Crippen LogP contribution in [0, 0.1) is 0 Å². The van der Waals surface area contributed by atoms with Crippen LogP contribution >= 0.6 is 0 Å². The van der Waals surface area contributed by atoms with E-state index in [9.17, 15) is 14.7 Å². The second-order valence-corrected chi connectivity index (χ2v) is 7.99. The number of nitrogens with two attached hydrogens (primary N) is 1. The number of aliphatic carboxylic acids is 1. The van der Waals surface area contributed by atoms with Crippen LogP contribution in [0.4, 0.5) is 0 Å². The summed E-state index contributed by atoms with van der Waals surface area (Å²) in [7, 11) is 0. The van der Waals surface area contributed by atoms with Crippen molar-refractivity contribution in [1.29, 1.82) is 0 Å². The molecule has 2 N–H and O–H groups in total. The van der Waals surface area contributed by atoms with Crippen LogP contribution in [0.25, 0.3) is 0 Å². The smallest absolute Gasteiger partial charge is 0.548 e. The molecule has 0 rings (SSSR count). The zero-order valence-corrected chi connectivity index (χ0v) is 22.3. The molecule has 0 aromatic heterocycles. The number of ether oxygens (including phenoxy) is 1. The molecule has 0 aliphatic carbocycles. The predicted molar refractivity (Wildman–Crippen MR) is 113 cm³/mol. The number of carboxylic acid groups (broad SMARTS) is 1. The molecule has 0 unspecified atom stereocenters. The van der Waals surface area contributed by atoms with Crippen LogP contribution in [-0.4, -0.2) is 24.6 Å². The summed E-state index contributed by atoms with van der Waals surface area (Å²) in [6, 6.07) is -1.09. The van der Waals surface area contributed by atoms with Crippen molar-refractivity contribution in [1.82, 2.24) is 0 Å². The molecule has 0 spiro atoms. The van der Waals surface area contributed by atoms with Crippen LogP contribution in [0.3, 0.4) is 0 Å². The minimum absolute atomic E-state index is 0. The summed E-state index contributed by atoms with van der Waals surface area (Å²) in [5.74, 6) is -1.71. The summed E-state index contributed by atoms with van der Waals surface area (Å²) >= 11 is 0. The van der Waals surface area contributed by atoms with E-state index < -0.39 is 12.0 Å². The topological polar surface area (TPSA) is 92.5 Å². The fourth-order valence-corrected chi connectivity index (χ4v) is 3.30. The van der Waals surface area contributed by atoms with Gasteiger partial charge in [0.25, 0.3) is 0 Å². The van der Waals surface area contributed by atoms with E-state index >= 15 is 0 Å². The van der Waals surface area contributed by atoms with Gasteiger partial charge in [0.15, 0.2) is 0 Å². The molecule has 1 atom stereocenters. The Morgan fingerprint density at radius 2 is 1.14 bits per heavy atom. The quantitative estimate of drug-likeness (QED) is 0.167. The minimum Gasteiger partial charge on any atom is -0.548 e. The molecular weight excluding hydrogens is 393 g/mol. The van der Waals surface area contributed by atoms with Gasteiger partial charge in [-0.15, -0.1) is 0 Å². The molecule has 0 radical (unpaired) electrons. The Morgan fingerprint density at radius 3 is 1.52 bits per heavy atom. The SMILES string of the molecule is CCCCCCCCCCCCCCCCCCOC(=O)CC[C@H](N)C(=O)[O-].[K+]. The molecule has 0 aromatic rings. The number of carboxylic acids is 1. The summed E-state index contributed by atoms with van der Waals surface area (Å²) in [5.41, 5.74) is 5.29. The van der Waals surface area contributed by atoms with Gasteiger partial charge in [0.05, 0.1) is 12.6 Å². The molecule has 0 fully saturated rings. The first-order chi connectivity index (χ1) is 13.6. The van der Waals surface area contributed by atoms with E-state index in [1.807, 2.05) is 0 Å². The van der Waals surface area contributed by atoms with Gasteiger partial charge in [-0.2, -0.15) is 0 Å². The molecule has 0 aliphatic rings. The maximum Gasteiger partial charge on any atom is 1.00 e. The third-order valence-electron chi connectivity index (χ3n) is 5.22. The molecule has 166 valence electrons. The van der Waals surface area contributed by atoms with Gasteiger partial charge in [-0.05, 0) is 12.8 Å². The first kappa shape index (κ1) is 31.7. The van der Waals surface area contributed by atoms with Crippen LogP contribution in [0.5, 0.6) is 0 Å². The Balaban J connectivity index is 0. The van der Waals surface area contributed by atoms with Gasteiger partial charge in [-0.1, -0.05) is 103 Å². The van der Waals surface area contributed by atoms with E-state index in [1.54, 1.807) is 0 Å². The number of carbonyl (C=O) groups is 2. The summed E-state index contributed by atoms with van der Waals surface area (Å²) in [6.07, 6.45) is 21.1. The largest absolute Gasteiger partial charge is 1.00 e. The first-order valence-corrected chi connectivity index (χ1v) is 11.7. The molecule has 0 saturated carbocycles. The predicted octanol–water partition coefficient (Wildman–Crippen LogP) is 1.65. The maximum atomic E-state index is 11.4. The van der Waals surface area contributed by atoms with Gasteiger partial charge < -0.3 is 20.4 Å². The standard InChI is InChI=1S/C23H45NO4.K/c1-2-3-4-5-6-7-8-9-10-11-12-13-14-15-16-17-20-28-22(25)19-18-21(24)23(26)27;/h21H,2-20,24H2,1H3,(H,26,27);/q;+1/p-1/t21-;/m0./s1.